The number of carbonyl (C=O) groups excluding carboxylic acids is 1. The summed E-state index contributed by atoms with van der Waals surface area (Å²) in [5.41, 5.74) is 2.28. The summed E-state index contributed by atoms with van der Waals surface area (Å²) in [5, 5.41) is 1.14. The maximum Gasteiger partial charge on any atom is 0.270 e. The summed E-state index contributed by atoms with van der Waals surface area (Å²) in [6.07, 6.45) is 1.23. The van der Waals surface area contributed by atoms with Gasteiger partial charge in [0.1, 0.15) is 5.69 Å². The molecule has 23 heavy (non-hydrogen) atoms. The van der Waals surface area contributed by atoms with Gasteiger partial charge in [0.2, 0.25) is 0 Å². The molecule has 2 aliphatic rings. The molecule has 4 nitrogen and oxygen atoms in total. The first kappa shape index (κ1) is 14.8. The molecule has 2 saturated heterocycles. The summed E-state index contributed by atoms with van der Waals surface area (Å²) in [4.78, 5) is 17.4. The number of likely N-dealkylation sites (tertiary alicyclic amines) is 2. The van der Waals surface area contributed by atoms with E-state index in [-0.39, 0.29) is 5.91 Å². The monoisotopic (exact) mass is 311 g/mol. The quantitative estimate of drug-likeness (QED) is 0.853. The molecule has 2 fully saturated rings. The van der Waals surface area contributed by atoms with Gasteiger partial charge in [0.25, 0.3) is 5.91 Å². The maximum atomic E-state index is 12.9. The highest BCUT2D eigenvalue weighted by Gasteiger charge is 2.49. The third-order valence-electron chi connectivity index (χ3n) is 5.71. The Balaban J connectivity index is 1.50. The Bertz CT molecular complexity index is 755. The van der Waals surface area contributed by atoms with Gasteiger partial charge in [0.15, 0.2) is 0 Å². The number of rotatable bonds is 2. The second-order valence-corrected chi connectivity index (χ2v) is 7.62. The largest absolute Gasteiger partial charge is 0.340 e. The summed E-state index contributed by atoms with van der Waals surface area (Å²) in [6, 6.07) is 10.8. The number of nitrogens with zero attached hydrogens (tertiary/aromatic N) is 3. The fourth-order valence-electron chi connectivity index (χ4n) is 4.23. The predicted molar refractivity (Wildman–Crippen MR) is 92.6 cm³/mol. The number of fused-ring (bicyclic) bond motifs is 1. The lowest BCUT2D eigenvalue weighted by molar-refractivity contribution is 0.00864. The van der Waals surface area contributed by atoms with Crippen molar-refractivity contribution < 1.29 is 4.79 Å². The Morgan fingerprint density at radius 3 is 2.57 bits per heavy atom. The summed E-state index contributed by atoms with van der Waals surface area (Å²) >= 11 is 0. The average molecular weight is 311 g/mol. The van der Waals surface area contributed by atoms with E-state index >= 15 is 0 Å². The topological polar surface area (TPSA) is 28.5 Å². The Labute approximate surface area is 137 Å². The van der Waals surface area contributed by atoms with E-state index in [2.05, 4.69) is 30.9 Å². The third kappa shape index (κ3) is 2.27. The molecule has 2 aliphatic heterocycles. The van der Waals surface area contributed by atoms with Crippen molar-refractivity contribution in [1.82, 2.24) is 14.4 Å². The second-order valence-electron chi connectivity index (χ2n) is 7.62. The van der Waals surface area contributed by atoms with Crippen LogP contribution in [0.5, 0.6) is 0 Å². The van der Waals surface area contributed by atoms with Crippen LogP contribution < -0.4 is 0 Å². The van der Waals surface area contributed by atoms with E-state index < -0.39 is 0 Å². The van der Waals surface area contributed by atoms with Crippen molar-refractivity contribution in [3.63, 3.8) is 0 Å². The first-order chi connectivity index (χ1) is 11.0. The van der Waals surface area contributed by atoms with Crippen LogP contribution >= 0.6 is 0 Å². The van der Waals surface area contributed by atoms with Crippen molar-refractivity contribution in [2.75, 3.05) is 26.2 Å². The van der Waals surface area contributed by atoms with Crippen LogP contribution in [0, 0.1) is 5.41 Å². The zero-order valence-electron chi connectivity index (χ0n) is 14.2. The van der Waals surface area contributed by atoms with Crippen LogP contribution in [0.2, 0.25) is 0 Å². The number of aryl methyl sites for hydroxylation is 1. The lowest BCUT2D eigenvalue weighted by Gasteiger charge is -2.48. The maximum absolute atomic E-state index is 12.9. The van der Waals surface area contributed by atoms with E-state index in [0.717, 1.165) is 36.2 Å². The number of carbonyl (C=O) groups is 1. The normalized spacial score (nSPS) is 20.6. The van der Waals surface area contributed by atoms with Crippen LogP contribution in [-0.2, 0) is 7.05 Å². The van der Waals surface area contributed by atoms with Crippen molar-refractivity contribution in [3.8, 4) is 0 Å². The molecule has 4 rings (SSSR count). The first-order valence-corrected chi connectivity index (χ1v) is 8.57. The SMILES string of the molecule is CC(C)N1CCC2(CN(C(=O)c3cc4ccccc4n3C)C2)C1. The average Bonchev–Trinajstić information content (AvgIpc) is 3.08. The van der Waals surface area contributed by atoms with Crippen molar-refractivity contribution in [2.24, 2.45) is 12.5 Å². The third-order valence-corrected chi connectivity index (χ3v) is 5.71. The van der Waals surface area contributed by atoms with E-state index in [1.807, 2.05) is 34.7 Å². The zero-order chi connectivity index (χ0) is 16.2. The summed E-state index contributed by atoms with van der Waals surface area (Å²) in [7, 11) is 1.99. The first-order valence-electron chi connectivity index (χ1n) is 8.57. The van der Waals surface area contributed by atoms with Crippen LogP contribution in [0.15, 0.2) is 30.3 Å². The molecule has 0 radical (unpaired) electrons. The number of amides is 1. The van der Waals surface area contributed by atoms with Gasteiger partial charge in [-0.15, -0.1) is 0 Å². The van der Waals surface area contributed by atoms with Gasteiger partial charge in [-0.25, -0.2) is 0 Å². The van der Waals surface area contributed by atoms with Crippen LogP contribution in [0.3, 0.4) is 0 Å². The fourth-order valence-corrected chi connectivity index (χ4v) is 4.23. The molecular formula is C19H25N3O. The molecule has 0 aliphatic carbocycles. The van der Waals surface area contributed by atoms with Gasteiger partial charge in [-0.2, -0.15) is 0 Å². The fraction of sp³-hybridized carbons (Fsp3) is 0.526. The van der Waals surface area contributed by atoms with E-state index in [0.29, 0.717) is 11.5 Å². The van der Waals surface area contributed by atoms with Crippen molar-refractivity contribution in [3.05, 3.63) is 36.0 Å². The van der Waals surface area contributed by atoms with Gasteiger partial charge in [0, 0.05) is 49.0 Å². The molecule has 0 unspecified atom stereocenters. The van der Waals surface area contributed by atoms with Gasteiger partial charge in [-0.3, -0.25) is 4.79 Å². The van der Waals surface area contributed by atoms with Crippen molar-refractivity contribution in [2.45, 2.75) is 26.3 Å². The molecule has 0 bridgehead atoms. The van der Waals surface area contributed by atoms with Crippen LogP contribution in [0.4, 0.5) is 0 Å². The highest BCUT2D eigenvalue weighted by molar-refractivity contribution is 5.99. The molecule has 1 amide bonds. The lowest BCUT2D eigenvalue weighted by atomic mass is 9.79. The molecule has 3 heterocycles. The zero-order valence-corrected chi connectivity index (χ0v) is 14.2. The van der Waals surface area contributed by atoms with Crippen LogP contribution in [0.1, 0.15) is 30.8 Å². The van der Waals surface area contributed by atoms with Crippen LogP contribution in [0.25, 0.3) is 10.9 Å². The molecule has 0 atom stereocenters. The molecule has 2 aromatic rings. The van der Waals surface area contributed by atoms with Gasteiger partial charge in [-0.05, 0) is 38.9 Å². The van der Waals surface area contributed by atoms with Gasteiger partial charge in [0.05, 0.1) is 0 Å². The Morgan fingerprint density at radius 2 is 1.91 bits per heavy atom. The van der Waals surface area contributed by atoms with Crippen molar-refractivity contribution >= 4 is 16.8 Å². The number of para-hydroxylation sites is 1. The minimum Gasteiger partial charge on any atom is -0.340 e. The standard InChI is InChI=1S/C19H25N3O/c1-14(2)21-9-8-19(11-21)12-22(13-19)18(23)17-10-15-6-4-5-7-16(15)20(17)3/h4-7,10,14H,8-9,11-13H2,1-3H3. The Kier molecular flexibility index (Phi) is 3.27. The Hall–Kier alpha value is -1.81. The summed E-state index contributed by atoms with van der Waals surface area (Å²) in [6.45, 7) is 8.66. The number of benzene rings is 1. The van der Waals surface area contributed by atoms with E-state index in [4.69, 9.17) is 0 Å². The second kappa shape index (κ2) is 5.10. The molecule has 122 valence electrons. The van der Waals surface area contributed by atoms with E-state index in [1.165, 1.54) is 13.0 Å². The van der Waals surface area contributed by atoms with Crippen LogP contribution in [-0.4, -0.2) is 52.5 Å². The molecular weight excluding hydrogens is 286 g/mol. The Morgan fingerprint density at radius 1 is 1.17 bits per heavy atom. The molecule has 1 spiro atoms. The van der Waals surface area contributed by atoms with E-state index in [1.54, 1.807) is 0 Å². The number of hydrogen-bond donors (Lipinski definition) is 0. The highest BCUT2D eigenvalue weighted by atomic mass is 16.2. The van der Waals surface area contributed by atoms with Gasteiger partial charge in [-0.1, -0.05) is 18.2 Å². The molecule has 0 saturated carbocycles. The minimum atomic E-state index is 0.178. The number of aromatic nitrogens is 1. The summed E-state index contributed by atoms with van der Waals surface area (Å²) in [5.74, 6) is 0.178. The molecule has 1 aromatic carbocycles. The van der Waals surface area contributed by atoms with Gasteiger partial charge < -0.3 is 14.4 Å². The minimum absolute atomic E-state index is 0.178. The van der Waals surface area contributed by atoms with E-state index in [9.17, 15) is 4.79 Å². The molecule has 4 heteroatoms. The smallest absolute Gasteiger partial charge is 0.270 e. The summed E-state index contributed by atoms with van der Waals surface area (Å²) < 4.78 is 2.03. The number of hydrogen-bond acceptors (Lipinski definition) is 2. The lowest BCUT2D eigenvalue weighted by Crippen LogP contribution is -2.59. The van der Waals surface area contributed by atoms with Gasteiger partial charge >= 0.3 is 0 Å². The highest BCUT2D eigenvalue weighted by Crippen LogP contribution is 2.40. The molecule has 1 aromatic heterocycles. The molecule has 0 N–H and O–H groups in total. The predicted octanol–water partition coefficient (Wildman–Crippen LogP) is 2.73. The van der Waals surface area contributed by atoms with Crippen molar-refractivity contribution in [1.29, 1.82) is 0 Å².